The number of nitrogen functional groups attached to an aromatic ring is 1. The highest BCUT2D eigenvalue weighted by atomic mass is 35.5. The van der Waals surface area contributed by atoms with Gasteiger partial charge in [-0.1, -0.05) is 23.7 Å². The number of anilines is 2. The van der Waals surface area contributed by atoms with E-state index in [4.69, 9.17) is 22.1 Å². The van der Waals surface area contributed by atoms with Gasteiger partial charge in [-0.15, -0.1) is 0 Å². The summed E-state index contributed by atoms with van der Waals surface area (Å²) in [4.78, 5) is 16.8. The van der Waals surface area contributed by atoms with E-state index >= 15 is 0 Å². The van der Waals surface area contributed by atoms with Crippen LogP contribution in [0.25, 0.3) is 16.9 Å². The summed E-state index contributed by atoms with van der Waals surface area (Å²) in [6.45, 7) is -0.133. The number of nitrogens with two attached hydrogens (primary N) is 1. The highest BCUT2D eigenvalue weighted by Gasteiger charge is 2.11. The molecule has 0 aliphatic rings. The lowest BCUT2D eigenvalue weighted by atomic mass is 10.1. The maximum atomic E-state index is 12.2. The summed E-state index contributed by atoms with van der Waals surface area (Å²) in [6, 6.07) is 18.0. The fourth-order valence-electron chi connectivity index (χ4n) is 2.77. The number of aromatic nitrogens is 2. The highest BCUT2D eigenvalue weighted by molar-refractivity contribution is 6.30. The van der Waals surface area contributed by atoms with Crippen LogP contribution in [0.2, 0.25) is 5.02 Å². The number of imidazole rings is 1. The molecule has 0 atom stereocenters. The smallest absolute Gasteiger partial charge is 0.262 e. The molecule has 0 radical (unpaired) electrons. The van der Waals surface area contributed by atoms with Crippen molar-refractivity contribution in [1.82, 2.24) is 9.38 Å². The molecular weight excluding hydrogens is 376 g/mol. The number of rotatable bonds is 5. The fourth-order valence-corrected chi connectivity index (χ4v) is 2.89. The largest absolute Gasteiger partial charge is 0.480 e. The molecule has 2 aromatic heterocycles. The van der Waals surface area contributed by atoms with Gasteiger partial charge in [-0.25, -0.2) is 4.98 Å². The third-order valence-electron chi connectivity index (χ3n) is 4.14. The monoisotopic (exact) mass is 392 g/mol. The molecule has 2 heterocycles. The summed E-state index contributed by atoms with van der Waals surface area (Å²) in [5, 5.41) is 3.37. The zero-order chi connectivity index (χ0) is 19.5. The van der Waals surface area contributed by atoms with Crippen molar-refractivity contribution >= 4 is 34.5 Å². The van der Waals surface area contributed by atoms with Gasteiger partial charge in [-0.2, -0.15) is 0 Å². The van der Waals surface area contributed by atoms with Gasteiger partial charge in [-0.05, 0) is 48.5 Å². The maximum Gasteiger partial charge on any atom is 0.262 e. The minimum absolute atomic E-state index is 0.133. The third-order valence-corrected chi connectivity index (χ3v) is 4.39. The molecule has 6 nitrogen and oxygen atoms in total. The molecule has 0 unspecified atom stereocenters. The van der Waals surface area contributed by atoms with E-state index in [1.54, 1.807) is 30.3 Å². The predicted molar refractivity (Wildman–Crippen MR) is 111 cm³/mol. The summed E-state index contributed by atoms with van der Waals surface area (Å²) >= 11 is 5.85. The number of benzene rings is 2. The molecular formula is C21H17ClN4O2. The Kier molecular flexibility index (Phi) is 4.87. The second-order valence-electron chi connectivity index (χ2n) is 6.20. The number of carbonyl (C=O) groups excluding carboxylic acids is 1. The minimum Gasteiger partial charge on any atom is -0.480 e. The summed E-state index contributed by atoms with van der Waals surface area (Å²) in [5.74, 6) is 0.255. The minimum atomic E-state index is -0.269. The average Bonchev–Trinajstić information content (AvgIpc) is 3.13. The van der Waals surface area contributed by atoms with Crippen molar-refractivity contribution in [2.24, 2.45) is 0 Å². The van der Waals surface area contributed by atoms with E-state index in [0.29, 0.717) is 27.8 Å². The van der Waals surface area contributed by atoms with Gasteiger partial charge < -0.3 is 20.2 Å². The Morgan fingerprint density at radius 2 is 1.86 bits per heavy atom. The van der Waals surface area contributed by atoms with E-state index in [-0.39, 0.29) is 12.5 Å². The molecule has 0 saturated carbocycles. The Bertz CT molecular complexity index is 1120. The SMILES string of the molecule is Nc1ccc(-c2cn3cccc(OCC(=O)Nc4ccc(Cl)cc4)c3n2)cc1. The molecule has 3 N–H and O–H groups in total. The molecule has 0 spiro atoms. The van der Waals surface area contributed by atoms with E-state index < -0.39 is 0 Å². The Hall–Kier alpha value is -3.51. The number of pyridine rings is 1. The number of hydrogen-bond donors (Lipinski definition) is 2. The number of carbonyl (C=O) groups is 1. The van der Waals surface area contributed by atoms with Crippen molar-refractivity contribution in [3.8, 4) is 17.0 Å². The third kappa shape index (κ3) is 3.92. The first-order valence-electron chi connectivity index (χ1n) is 8.60. The predicted octanol–water partition coefficient (Wildman–Crippen LogP) is 4.25. The van der Waals surface area contributed by atoms with Crippen molar-refractivity contribution in [3.63, 3.8) is 0 Å². The lowest BCUT2D eigenvalue weighted by Gasteiger charge is -2.08. The number of hydrogen-bond acceptors (Lipinski definition) is 4. The number of fused-ring (bicyclic) bond motifs is 1. The standard InChI is InChI=1S/C21H17ClN4O2/c22-15-5-9-17(10-6-15)24-20(27)13-28-19-2-1-11-26-12-18(25-21(19)26)14-3-7-16(23)8-4-14/h1-12H,13,23H2,(H,24,27). The second-order valence-corrected chi connectivity index (χ2v) is 6.63. The zero-order valence-electron chi connectivity index (χ0n) is 14.8. The Morgan fingerprint density at radius 3 is 2.61 bits per heavy atom. The van der Waals surface area contributed by atoms with Gasteiger partial charge in [0, 0.05) is 34.4 Å². The van der Waals surface area contributed by atoms with Crippen molar-refractivity contribution in [2.75, 3.05) is 17.7 Å². The Morgan fingerprint density at radius 1 is 1.11 bits per heavy atom. The molecule has 0 fully saturated rings. The van der Waals surface area contributed by atoms with Crippen LogP contribution in [0, 0.1) is 0 Å². The van der Waals surface area contributed by atoms with Crippen LogP contribution >= 0.6 is 11.6 Å². The molecule has 4 rings (SSSR count). The number of nitrogens with one attached hydrogen (secondary N) is 1. The first-order chi connectivity index (χ1) is 13.6. The van der Waals surface area contributed by atoms with Crippen LogP contribution in [0.15, 0.2) is 73.1 Å². The van der Waals surface area contributed by atoms with E-state index in [1.807, 2.05) is 47.1 Å². The zero-order valence-corrected chi connectivity index (χ0v) is 15.6. The van der Waals surface area contributed by atoms with Crippen LogP contribution in [-0.4, -0.2) is 21.9 Å². The Balaban J connectivity index is 1.50. The van der Waals surface area contributed by atoms with Gasteiger partial charge in [0.1, 0.15) is 0 Å². The first-order valence-corrected chi connectivity index (χ1v) is 8.98. The van der Waals surface area contributed by atoms with Gasteiger partial charge in [0.25, 0.3) is 5.91 Å². The maximum absolute atomic E-state index is 12.2. The van der Waals surface area contributed by atoms with Gasteiger partial charge in [0.2, 0.25) is 0 Å². The normalized spacial score (nSPS) is 10.8. The topological polar surface area (TPSA) is 81.6 Å². The summed E-state index contributed by atoms with van der Waals surface area (Å²) in [7, 11) is 0. The summed E-state index contributed by atoms with van der Waals surface area (Å²) < 4.78 is 7.56. The highest BCUT2D eigenvalue weighted by Crippen LogP contribution is 2.25. The molecule has 1 amide bonds. The quantitative estimate of drug-likeness (QED) is 0.497. The number of amides is 1. The van der Waals surface area contributed by atoms with Crippen molar-refractivity contribution < 1.29 is 9.53 Å². The molecule has 7 heteroatoms. The van der Waals surface area contributed by atoms with Crippen molar-refractivity contribution in [2.45, 2.75) is 0 Å². The van der Waals surface area contributed by atoms with Crippen LogP contribution in [-0.2, 0) is 4.79 Å². The molecule has 0 aliphatic heterocycles. The lowest BCUT2D eigenvalue weighted by Crippen LogP contribution is -2.20. The molecule has 140 valence electrons. The van der Waals surface area contributed by atoms with Crippen LogP contribution in [0.4, 0.5) is 11.4 Å². The molecule has 0 saturated heterocycles. The van der Waals surface area contributed by atoms with Gasteiger partial charge in [0.05, 0.1) is 5.69 Å². The van der Waals surface area contributed by atoms with Crippen molar-refractivity contribution in [3.05, 3.63) is 78.1 Å². The van der Waals surface area contributed by atoms with Gasteiger partial charge in [0.15, 0.2) is 18.0 Å². The number of halogens is 1. The van der Waals surface area contributed by atoms with E-state index in [9.17, 15) is 4.79 Å². The van der Waals surface area contributed by atoms with Gasteiger partial charge in [-0.3, -0.25) is 4.79 Å². The molecule has 0 aliphatic carbocycles. The van der Waals surface area contributed by atoms with Gasteiger partial charge >= 0.3 is 0 Å². The first kappa shape index (κ1) is 17.9. The second kappa shape index (κ2) is 7.62. The summed E-state index contributed by atoms with van der Waals surface area (Å²) in [5.41, 5.74) is 9.47. The number of ether oxygens (including phenoxy) is 1. The van der Waals surface area contributed by atoms with E-state index in [0.717, 1.165) is 11.3 Å². The molecule has 2 aromatic carbocycles. The van der Waals surface area contributed by atoms with E-state index in [2.05, 4.69) is 10.3 Å². The molecule has 4 aromatic rings. The lowest BCUT2D eigenvalue weighted by molar-refractivity contribution is -0.118. The van der Waals surface area contributed by atoms with Crippen LogP contribution in [0.5, 0.6) is 5.75 Å². The van der Waals surface area contributed by atoms with Crippen molar-refractivity contribution in [1.29, 1.82) is 0 Å². The molecule has 28 heavy (non-hydrogen) atoms. The van der Waals surface area contributed by atoms with Crippen LogP contribution in [0.3, 0.4) is 0 Å². The Labute approximate surface area is 166 Å². The van der Waals surface area contributed by atoms with Crippen LogP contribution < -0.4 is 15.8 Å². The van der Waals surface area contributed by atoms with Crippen LogP contribution in [0.1, 0.15) is 0 Å². The summed E-state index contributed by atoms with van der Waals surface area (Å²) in [6.07, 6.45) is 3.78. The average molecular weight is 393 g/mol. The van der Waals surface area contributed by atoms with E-state index in [1.165, 1.54) is 0 Å². The molecule has 0 bridgehead atoms. The fraction of sp³-hybridized carbons (Fsp3) is 0.0476. The number of nitrogens with zero attached hydrogens (tertiary/aromatic N) is 2.